The summed E-state index contributed by atoms with van der Waals surface area (Å²) in [5, 5.41) is 0. The molecule has 1 saturated carbocycles. The number of hydrogen-bond donors (Lipinski definition) is 1. The molecule has 1 rings (SSSR count). The number of halogens is 2. The second kappa shape index (κ2) is 3.74. The predicted octanol–water partition coefficient (Wildman–Crippen LogP) is 1.70. The summed E-state index contributed by atoms with van der Waals surface area (Å²) in [6, 6.07) is 0.278. The molecule has 0 bridgehead atoms. The lowest BCUT2D eigenvalue weighted by Crippen LogP contribution is -2.54. The van der Waals surface area contributed by atoms with Crippen LogP contribution in [0, 0.1) is 5.41 Å². The fourth-order valence-corrected chi connectivity index (χ4v) is 2.21. The molecule has 0 radical (unpaired) electrons. The number of nitrogens with zero attached hydrogens (tertiary/aromatic N) is 1. The quantitative estimate of drug-likeness (QED) is 0.758. The SMILES string of the molecule is CN(CC(F)(F)CN)C1CCC1(C)C. The highest BCUT2D eigenvalue weighted by Crippen LogP contribution is 2.43. The Hall–Kier alpha value is -0.220. The smallest absolute Gasteiger partial charge is 0.272 e. The third-order valence-corrected chi connectivity index (χ3v) is 3.28. The zero-order valence-corrected chi connectivity index (χ0v) is 9.19. The molecular weight excluding hydrogens is 186 g/mol. The lowest BCUT2D eigenvalue weighted by atomic mass is 9.66. The largest absolute Gasteiger partial charge is 0.325 e. The van der Waals surface area contributed by atoms with Gasteiger partial charge in [0.15, 0.2) is 0 Å². The number of nitrogens with two attached hydrogens (primary N) is 1. The van der Waals surface area contributed by atoms with Crippen molar-refractivity contribution in [3.63, 3.8) is 0 Å². The van der Waals surface area contributed by atoms with Crippen LogP contribution in [0.25, 0.3) is 0 Å². The molecule has 1 fully saturated rings. The first kappa shape index (κ1) is 11.9. The van der Waals surface area contributed by atoms with Gasteiger partial charge in [0, 0.05) is 6.04 Å². The number of hydrogen-bond acceptors (Lipinski definition) is 2. The van der Waals surface area contributed by atoms with E-state index < -0.39 is 12.5 Å². The highest BCUT2D eigenvalue weighted by Gasteiger charge is 2.43. The number of alkyl halides is 2. The topological polar surface area (TPSA) is 29.3 Å². The molecule has 84 valence electrons. The molecule has 0 aromatic rings. The average molecular weight is 206 g/mol. The Kier molecular flexibility index (Phi) is 3.17. The number of rotatable bonds is 4. The van der Waals surface area contributed by atoms with E-state index in [0.29, 0.717) is 0 Å². The van der Waals surface area contributed by atoms with Crippen molar-refractivity contribution in [3.05, 3.63) is 0 Å². The molecule has 4 heteroatoms. The highest BCUT2D eigenvalue weighted by atomic mass is 19.3. The molecule has 0 aromatic carbocycles. The lowest BCUT2D eigenvalue weighted by molar-refractivity contribution is -0.0652. The third kappa shape index (κ3) is 2.42. The summed E-state index contributed by atoms with van der Waals surface area (Å²) in [6.07, 6.45) is 2.14. The van der Waals surface area contributed by atoms with Gasteiger partial charge in [-0.2, -0.15) is 0 Å². The average Bonchev–Trinajstić information content (AvgIpc) is 2.01. The summed E-state index contributed by atoms with van der Waals surface area (Å²) in [5.41, 5.74) is 5.19. The van der Waals surface area contributed by atoms with Crippen LogP contribution >= 0.6 is 0 Å². The van der Waals surface area contributed by atoms with Gasteiger partial charge in [-0.15, -0.1) is 0 Å². The van der Waals surface area contributed by atoms with Crippen molar-refractivity contribution in [2.75, 3.05) is 20.1 Å². The van der Waals surface area contributed by atoms with Gasteiger partial charge in [0.2, 0.25) is 0 Å². The monoisotopic (exact) mass is 206 g/mol. The normalized spacial score (nSPS) is 26.4. The summed E-state index contributed by atoms with van der Waals surface area (Å²) >= 11 is 0. The van der Waals surface area contributed by atoms with E-state index in [0.717, 1.165) is 12.8 Å². The predicted molar refractivity (Wildman–Crippen MR) is 53.4 cm³/mol. The van der Waals surface area contributed by atoms with Crippen molar-refractivity contribution < 1.29 is 8.78 Å². The summed E-state index contributed by atoms with van der Waals surface area (Å²) < 4.78 is 26.0. The van der Waals surface area contributed by atoms with Gasteiger partial charge in [0.1, 0.15) is 0 Å². The van der Waals surface area contributed by atoms with E-state index in [1.165, 1.54) is 0 Å². The Morgan fingerprint density at radius 3 is 2.36 bits per heavy atom. The second-order valence-corrected chi connectivity index (χ2v) is 5.02. The zero-order chi connectivity index (χ0) is 11.0. The molecule has 1 unspecified atom stereocenters. The van der Waals surface area contributed by atoms with Crippen LogP contribution in [0.1, 0.15) is 26.7 Å². The second-order valence-electron chi connectivity index (χ2n) is 5.02. The highest BCUT2D eigenvalue weighted by molar-refractivity contribution is 4.95. The summed E-state index contributed by atoms with van der Waals surface area (Å²) in [6.45, 7) is 3.46. The third-order valence-electron chi connectivity index (χ3n) is 3.28. The Labute approximate surface area is 84.4 Å². The van der Waals surface area contributed by atoms with Crippen molar-refractivity contribution in [2.24, 2.45) is 11.1 Å². The Morgan fingerprint density at radius 1 is 1.50 bits per heavy atom. The van der Waals surface area contributed by atoms with Crippen LogP contribution in [-0.4, -0.2) is 37.0 Å². The molecular formula is C10H20F2N2. The summed E-state index contributed by atoms with van der Waals surface area (Å²) in [7, 11) is 1.76. The first-order valence-electron chi connectivity index (χ1n) is 5.07. The molecule has 0 heterocycles. The fraction of sp³-hybridized carbons (Fsp3) is 1.00. The molecule has 1 aliphatic rings. The fourth-order valence-electron chi connectivity index (χ4n) is 2.21. The minimum absolute atomic E-state index is 0.180. The van der Waals surface area contributed by atoms with Crippen molar-refractivity contribution >= 4 is 0 Å². The van der Waals surface area contributed by atoms with Gasteiger partial charge in [0.25, 0.3) is 5.92 Å². The van der Waals surface area contributed by atoms with Crippen LogP contribution < -0.4 is 5.73 Å². The van der Waals surface area contributed by atoms with Crippen molar-refractivity contribution in [3.8, 4) is 0 Å². The van der Waals surface area contributed by atoms with Gasteiger partial charge in [-0.25, -0.2) is 8.78 Å². The van der Waals surface area contributed by atoms with Crippen LogP contribution in [0.3, 0.4) is 0 Å². The van der Waals surface area contributed by atoms with Crippen molar-refractivity contribution in [1.82, 2.24) is 4.90 Å². The summed E-state index contributed by atoms with van der Waals surface area (Å²) in [5.74, 6) is -2.75. The zero-order valence-electron chi connectivity index (χ0n) is 9.19. The first-order valence-corrected chi connectivity index (χ1v) is 5.07. The van der Waals surface area contributed by atoms with Crippen LogP contribution in [0.15, 0.2) is 0 Å². The molecule has 14 heavy (non-hydrogen) atoms. The van der Waals surface area contributed by atoms with E-state index in [1.54, 1.807) is 11.9 Å². The molecule has 2 nitrogen and oxygen atoms in total. The van der Waals surface area contributed by atoms with E-state index in [2.05, 4.69) is 13.8 Å². The van der Waals surface area contributed by atoms with Gasteiger partial charge in [-0.05, 0) is 25.3 Å². The van der Waals surface area contributed by atoms with Gasteiger partial charge in [-0.1, -0.05) is 13.8 Å². The van der Waals surface area contributed by atoms with E-state index in [4.69, 9.17) is 5.73 Å². The Balaban J connectivity index is 2.47. The van der Waals surface area contributed by atoms with Crippen molar-refractivity contribution in [2.45, 2.75) is 38.7 Å². The maximum Gasteiger partial charge on any atom is 0.272 e. The van der Waals surface area contributed by atoms with Crippen LogP contribution in [0.4, 0.5) is 8.78 Å². The van der Waals surface area contributed by atoms with Gasteiger partial charge in [0.05, 0.1) is 13.1 Å². The summed E-state index contributed by atoms with van der Waals surface area (Å²) in [4.78, 5) is 1.75. The van der Waals surface area contributed by atoms with Crippen LogP contribution in [-0.2, 0) is 0 Å². The van der Waals surface area contributed by atoms with Crippen LogP contribution in [0.2, 0.25) is 0 Å². The molecule has 0 aliphatic heterocycles. The molecule has 0 amide bonds. The maximum atomic E-state index is 13.0. The standard InChI is InChI=1S/C10H20F2N2/c1-9(2)5-4-8(9)14(3)7-10(11,12)6-13/h8H,4-7,13H2,1-3H3. The first-order chi connectivity index (χ1) is 6.28. The molecule has 0 spiro atoms. The van der Waals surface area contributed by atoms with E-state index in [9.17, 15) is 8.78 Å². The van der Waals surface area contributed by atoms with Crippen molar-refractivity contribution in [1.29, 1.82) is 0 Å². The Morgan fingerprint density at radius 2 is 2.07 bits per heavy atom. The van der Waals surface area contributed by atoms with E-state index in [1.807, 2.05) is 0 Å². The molecule has 0 saturated heterocycles. The van der Waals surface area contributed by atoms with E-state index in [-0.39, 0.29) is 18.0 Å². The molecule has 2 N–H and O–H groups in total. The van der Waals surface area contributed by atoms with E-state index >= 15 is 0 Å². The van der Waals surface area contributed by atoms with Gasteiger partial charge in [-0.3, -0.25) is 4.90 Å². The molecule has 1 atom stereocenters. The Bertz CT molecular complexity index is 204. The molecule has 1 aliphatic carbocycles. The molecule has 0 aromatic heterocycles. The lowest BCUT2D eigenvalue weighted by Gasteiger charge is -2.50. The van der Waals surface area contributed by atoms with Crippen LogP contribution in [0.5, 0.6) is 0 Å². The minimum atomic E-state index is -2.75. The van der Waals surface area contributed by atoms with Gasteiger partial charge >= 0.3 is 0 Å². The maximum absolute atomic E-state index is 13.0. The van der Waals surface area contributed by atoms with Gasteiger partial charge < -0.3 is 5.73 Å². The minimum Gasteiger partial charge on any atom is -0.325 e.